The highest BCUT2D eigenvalue weighted by molar-refractivity contribution is 7.92. The minimum absolute atomic E-state index is 0.0193. The molecule has 0 saturated carbocycles. The van der Waals surface area contributed by atoms with E-state index in [-0.39, 0.29) is 45.0 Å². The third kappa shape index (κ3) is 11.4. The zero-order valence-corrected chi connectivity index (χ0v) is 40.0. The number of hydrogen-bond donors (Lipinski definition) is 2. The lowest BCUT2D eigenvalue weighted by Crippen LogP contribution is -2.49. The van der Waals surface area contributed by atoms with Crippen LogP contribution in [0.1, 0.15) is 75.5 Å². The largest absolute Gasteiger partial charge is 0.467 e. The van der Waals surface area contributed by atoms with Crippen LogP contribution in [0.5, 0.6) is 16.7 Å². The first-order valence-corrected chi connectivity index (χ1v) is 24.5. The van der Waals surface area contributed by atoms with E-state index in [1.54, 1.807) is 56.3 Å². The Hall–Kier alpha value is -5.20. The predicted molar refractivity (Wildman–Crippen MR) is 252 cm³/mol. The van der Waals surface area contributed by atoms with Gasteiger partial charge in [0.25, 0.3) is 21.1 Å². The number of piperazine rings is 1. The third-order valence-corrected chi connectivity index (χ3v) is 15.0. The van der Waals surface area contributed by atoms with Crippen molar-refractivity contribution >= 4 is 67.3 Å². The van der Waals surface area contributed by atoms with Crippen LogP contribution in [-0.4, -0.2) is 116 Å². The molecule has 3 aromatic heterocycles. The van der Waals surface area contributed by atoms with Crippen molar-refractivity contribution in [1.29, 1.82) is 0 Å². The molecular formula is C47H56ClN7O8S2. The second kappa shape index (κ2) is 19.0. The van der Waals surface area contributed by atoms with Crippen LogP contribution in [-0.2, 0) is 19.5 Å². The van der Waals surface area contributed by atoms with Crippen molar-refractivity contribution in [2.75, 3.05) is 63.9 Å². The van der Waals surface area contributed by atoms with Gasteiger partial charge in [-0.3, -0.25) is 9.69 Å². The number of H-pyrrole nitrogens is 1. The number of halogens is 1. The van der Waals surface area contributed by atoms with Crippen molar-refractivity contribution in [2.45, 2.75) is 76.7 Å². The Morgan fingerprint density at radius 3 is 2.57 bits per heavy atom. The lowest BCUT2D eigenvalue weighted by atomic mass is 9.72. The zero-order valence-electron chi connectivity index (χ0n) is 37.6. The normalized spacial score (nSPS) is 18.5. The Labute approximate surface area is 389 Å². The maximum Gasteiger partial charge on any atom is 0.410 e. The number of aromatic amines is 1. The number of anilines is 1. The molecule has 0 bridgehead atoms. The van der Waals surface area contributed by atoms with Crippen molar-refractivity contribution in [3.05, 3.63) is 94.4 Å². The summed E-state index contributed by atoms with van der Waals surface area (Å²) in [4.78, 5) is 44.8. The van der Waals surface area contributed by atoms with E-state index in [2.05, 4.69) is 55.5 Å². The van der Waals surface area contributed by atoms with Gasteiger partial charge in [-0.1, -0.05) is 54.5 Å². The van der Waals surface area contributed by atoms with E-state index in [1.807, 2.05) is 24.3 Å². The molecule has 0 spiro atoms. The smallest absolute Gasteiger partial charge is 0.410 e. The van der Waals surface area contributed by atoms with Gasteiger partial charge in [0.05, 0.1) is 30.6 Å². The molecule has 65 heavy (non-hydrogen) atoms. The molecule has 1 aliphatic carbocycles. The molecule has 0 radical (unpaired) electrons. The fourth-order valence-electron chi connectivity index (χ4n) is 8.35. The maximum atomic E-state index is 14.0. The summed E-state index contributed by atoms with van der Waals surface area (Å²) < 4.78 is 53.2. The number of benzene rings is 2. The molecule has 2 aliphatic heterocycles. The molecule has 15 nitrogen and oxygen atoms in total. The van der Waals surface area contributed by atoms with Gasteiger partial charge >= 0.3 is 6.09 Å². The van der Waals surface area contributed by atoms with Gasteiger partial charge < -0.3 is 33.7 Å². The van der Waals surface area contributed by atoms with Gasteiger partial charge in [-0.25, -0.2) is 27.9 Å². The second-order valence-corrected chi connectivity index (χ2v) is 21.9. The van der Waals surface area contributed by atoms with E-state index < -0.39 is 33.7 Å². The standard InChI is InChI=1S/C47H56ClN7O8S2/c1-30-43(64-44(51-30)61-29-37-28-55(21-22-60-37)45(57)63-46(2,3)4)65(58,59)52-42(56)38-12-11-35(24-40(38)62-36-23-32-14-16-49-41(32)50-26-36)54-19-17-53(18-20-54)27-33-13-15-47(5,6)25-39(33)31-7-9-34(48)10-8-31/h7-12,14,16,23-24,26,37H,13,15,17-22,25,27-29H2,1-6H3,(H,49,50)(H,52,56)/t37-/m0/s1. The lowest BCUT2D eigenvalue weighted by molar-refractivity contribution is -0.0557. The number of ether oxygens (including phenoxy) is 4. The van der Waals surface area contributed by atoms with Crippen LogP contribution in [0.4, 0.5) is 10.5 Å². The number of nitrogens with one attached hydrogen (secondary N) is 2. The Morgan fingerprint density at radius 1 is 1.05 bits per heavy atom. The number of thiazole rings is 1. The number of carbonyl (C=O) groups is 2. The van der Waals surface area contributed by atoms with Crippen molar-refractivity contribution in [1.82, 2.24) is 29.5 Å². The lowest BCUT2D eigenvalue weighted by Gasteiger charge is -2.39. The van der Waals surface area contributed by atoms with E-state index >= 15 is 0 Å². The summed E-state index contributed by atoms with van der Waals surface area (Å²) in [5, 5.41) is 1.63. The number of carbonyl (C=O) groups excluding carboxylic acids is 2. The van der Waals surface area contributed by atoms with Crippen LogP contribution in [0, 0.1) is 12.3 Å². The van der Waals surface area contributed by atoms with Crippen LogP contribution >= 0.6 is 22.9 Å². The Kier molecular flexibility index (Phi) is 13.5. The topological polar surface area (TPSA) is 169 Å². The number of amides is 2. The number of fused-ring (bicyclic) bond motifs is 1. The van der Waals surface area contributed by atoms with Gasteiger partial charge in [-0.15, -0.1) is 0 Å². The molecule has 5 heterocycles. The van der Waals surface area contributed by atoms with Gasteiger partial charge in [0.15, 0.2) is 4.21 Å². The number of pyridine rings is 1. The number of morpholine rings is 1. The van der Waals surface area contributed by atoms with E-state index in [4.69, 9.17) is 30.5 Å². The first-order valence-electron chi connectivity index (χ1n) is 21.8. The summed E-state index contributed by atoms with van der Waals surface area (Å²) in [7, 11) is -4.41. The summed E-state index contributed by atoms with van der Waals surface area (Å²) in [6.07, 6.45) is 5.62. The molecule has 3 aliphatic rings. The van der Waals surface area contributed by atoms with Gasteiger partial charge in [0.2, 0.25) is 0 Å². The average Bonchev–Trinajstić information content (AvgIpc) is 3.89. The number of sulfonamides is 1. The fraction of sp³-hybridized carbons (Fsp3) is 0.447. The monoisotopic (exact) mass is 945 g/mol. The SMILES string of the molecule is Cc1nc(OC[C@@H]2CN(C(=O)OC(C)(C)C)CCO2)sc1S(=O)(=O)NC(=O)c1ccc(N2CCN(CC3=C(c4ccc(Cl)cc4)CC(C)(C)CC3)CC2)cc1Oc1cnc2[nH]ccc2c1. The molecule has 2 amide bonds. The van der Waals surface area contributed by atoms with Crippen LogP contribution in [0.2, 0.25) is 5.02 Å². The van der Waals surface area contributed by atoms with Gasteiger partial charge in [0, 0.05) is 67.6 Å². The van der Waals surface area contributed by atoms with E-state index in [0.717, 1.165) is 79.4 Å². The van der Waals surface area contributed by atoms with Crippen LogP contribution in [0.3, 0.4) is 0 Å². The van der Waals surface area contributed by atoms with Crippen molar-refractivity contribution in [3.8, 4) is 16.7 Å². The van der Waals surface area contributed by atoms with E-state index in [1.165, 1.54) is 23.6 Å². The first kappa shape index (κ1) is 46.3. The highest BCUT2D eigenvalue weighted by Crippen LogP contribution is 2.43. The van der Waals surface area contributed by atoms with Crippen LogP contribution in [0.25, 0.3) is 16.6 Å². The molecule has 8 rings (SSSR count). The highest BCUT2D eigenvalue weighted by Gasteiger charge is 2.32. The molecule has 2 N–H and O–H groups in total. The Morgan fingerprint density at radius 2 is 1.82 bits per heavy atom. The summed E-state index contributed by atoms with van der Waals surface area (Å²) in [6.45, 7) is 16.6. The molecular weight excluding hydrogens is 890 g/mol. The number of allylic oxidation sites excluding steroid dienone is 1. The minimum atomic E-state index is -4.41. The predicted octanol–water partition coefficient (Wildman–Crippen LogP) is 8.69. The third-order valence-electron chi connectivity index (χ3n) is 11.7. The zero-order chi connectivity index (χ0) is 46.1. The molecule has 346 valence electrons. The van der Waals surface area contributed by atoms with Crippen LogP contribution < -0.4 is 19.1 Å². The summed E-state index contributed by atoms with van der Waals surface area (Å²) >= 11 is 7.04. The number of aromatic nitrogens is 3. The average molecular weight is 947 g/mol. The van der Waals surface area contributed by atoms with Gasteiger partial charge in [0.1, 0.15) is 35.5 Å². The maximum absolute atomic E-state index is 14.0. The molecule has 2 saturated heterocycles. The number of aryl methyl sites for hydroxylation is 1. The Balaban J connectivity index is 0.959. The minimum Gasteiger partial charge on any atom is -0.467 e. The highest BCUT2D eigenvalue weighted by atomic mass is 35.5. The van der Waals surface area contributed by atoms with Gasteiger partial charge in [-0.2, -0.15) is 0 Å². The molecule has 1 atom stereocenters. The van der Waals surface area contributed by atoms with E-state index in [9.17, 15) is 18.0 Å². The summed E-state index contributed by atoms with van der Waals surface area (Å²) in [6, 6.07) is 17.1. The molecule has 0 unspecified atom stereocenters. The molecule has 2 fully saturated rings. The van der Waals surface area contributed by atoms with Crippen molar-refractivity contribution < 1.29 is 37.0 Å². The second-order valence-electron chi connectivity index (χ2n) is 18.6. The molecule has 18 heteroatoms. The van der Waals surface area contributed by atoms with Gasteiger partial charge in [-0.05, 0) is 99.9 Å². The number of rotatable bonds is 12. The number of nitrogens with zero attached hydrogens (tertiary/aromatic N) is 5. The summed E-state index contributed by atoms with van der Waals surface area (Å²) in [5.74, 6) is -0.317. The van der Waals surface area contributed by atoms with Crippen LogP contribution in [0.15, 0.2) is 76.8 Å². The Bertz CT molecular complexity index is 2690. The quantitative estimate of drug-likeness (QED) is 0.122. The fourth-order valence-corrected chi connectivity index (χ4v) is 10.8. The van der Waals surface area contributed by atoms with E-state index in [0.29, 0.717) is 24.5 Å². The molecule has 5 aromatic rings. The first-order chi connectivity index (χ1) is 30.9. The molecule has 2 aromatic carbocycles. The summed E-state index contributed by atoms with van der Waals surface area (Å²) in [5.41, 5.74) is 5.43. The number of hydrogen-bond acceptors (Lipinski definition) is 13. The van der Waals surface area contributed by atoms with Crippen molar-refractivity contribution in [2.24, 2.45) is 5.41 Å². The van der Waals surface area contributed by atoms with Crippen molar-refractivity contribution in [3.63, 3.8) is 0 Å².